The Morgan fingerprint density at radius 2 is 2.17 bits per heavy atom. The lowest BCUT2D eigenvalue weighted by molar-refractivity contribution is 0.523. The van der Waals surface area contributed by atoms with E-state index in [1.807, 2.05) is 38.1 Å². The lowest BCUT2D eigenvalue weighted by atomic mass is 10.2. The third kappa shape index (κ3) is 3.03. The first-order valence-electron chi connectivity index (χ1n) is 6.29. The summed E-state index contributed by atoms with van der Waals surface area (Å²) < 4.78 is 26.2. The highest BCUT2D eigenvalue weighted by Crippen LogP contribution is 2.21. The molecule has 100 valence electrons. The second-order valence-corrected chi connectivity index (χ2v) is 6.91. The molecule has 2 rings (SSSR count). The number of rotatable bonds is 1. The molecular weight excluding hydrogens is 248 g/mol. The topological polar surface area (TPSA) is 49.4 Å². The first-order chi connectivity index (χ1) is 8.49. The number of hydrogen-bond donors (Lipinski definition) is 1. The SMILES string of the molecule is Cc1cccc(N2CC(C)NCCCS2(=O)=O)c1. The van der Waals surface area contributed by atoms with Gasteiger partial charge in [0, 0.05) is 12.6 Å². The second-order valence-electron chi connectivity index (χ2n) is 4.89. The van der Waals surface area contributed by atoms with E-state index >= 15 is 0 Å². The summed E-state index contributed by atoms with van der Waals surface area (Å²) >= 11 is 0. The van der Waals surface area contributed by atoms with Crippen molar-refractivity contribution in [3.8, 4) is 0 Å². The van der Waals surface area contributed by atoms with Gasteiger partial charge in [-0.3, -0.25) is 4.31 Å². The molecule has 1 aliphatic heterocycles. The van der Waals surface area contributed by atoms with Gasteiger partial charge in [0.25, 0.3) is 0 Å². The van der Waals surface area contributed by atoms with E-state index in [2.05, 4.69) is 5.32 Å². The molecule has 1 atom stereocenters. The van der Waals surface area contributed by atoms with Gasteiger partial charge >= 0.3 is 0 Å². The zero-order chi connectivity index (χ0) is 13.2. The van der Waals surface area contributed by atoms with Crippen molar-refractivity contribution < 1.29 is 8.42 Å². The zero-order valence-electron chi connectivity index (χ0n) is 10.9. The van der Waals surface area contributed by atoms with Crippen molar-refractivity contribution in [2.24, 2.45) is 0 Å². The van der Waals surface area contributed by atoms with Crippen LogP contribution in [0.3, 0.4) is 0 Å². The fourth-order valence-electron chi connectivity index (χ4n) is 2.19. The molecule has 18 heavy (non-hydrogen) atoms. The van der Waals surface area contributed by atoms with Crippen LogP contribution in [0.15, 0.2) is 24.3 Å². The highest BCUT2D eigenvalue weighted by molar-refractivity contribution is 7.92. The number of benzene rings is 1. The number of nitrogens with one attached hydrogen (secondary N) is 1. The van der Waals surface area contributed by atoms with Crippen molar-refractivity contribution >= 4 is 15.7 Å². The summed E-state index contributed by atoms with van der Waals surface area (Å²) in [5.74, 6) is 0.209. The third-order valence-corrected chi connectivity index (χ3v) is 4.97. The lowest BCUT2D eigenvalue weighted by Crippen LogP contribution is -2.46. The lowest BCUT2D eigenvalue weighted by Gasteiger charge is -2.30. The Balaban J connectivity index is 2.36. The van der Waals surface area contributed by atoms with E-state index in [9.17, 15) is 8.42 Å². The third-order valence-electron chi connectivity index (χ3n) is 3.14. The second kappa shape index (κ2) is 5.28. The molecule has 1 aromatic carbocycles. The molecule has 1 fully saturated rings. The van der Waals surface area contributed by atoms with Crippen LogP contribution in [0.2, 0.25) is 0 Å². The monoisotopic (exact) mass is 268 g/mol. The predicted molar refractivity (Wildman–Crippen MR) is 74.4 cm³/mol. The van der Waals surface area contributed by atoms with Crippen LogP contribution in [0.4, 0.5) is 5.69 Å². The van der Waals surface area contributed by atoms with E-state index < -0.39 is 10.0 Å². The zero-order valence-corrected chi connectivity index (χ0v) is 11.7. The maximum absolute atomic E-state index is 12.3. The van der Waals surface area contributed by atoms with Gasteiger partial charge in [-0.2, -0.15) is 0 Å². The smallest absolute Gasteiger partial charge is 0.235 e. The standard InChI is InChI=1S/C13H20N2O2S/c1-11-5-3-6-13(9-11)15-10-12(2)14-7-4-8-18(15,16)17/h3,5-6,9,12,14H,4,7-8,10H2,1-2H3. The van der Waals surface area contributed by atoms with Crippen LogP contribution in [0, 0.1) is 6.92 Å². The molecule has 1 saturated heterocycles. The van der Waals surface area contributed by atoms with Gasteiger partial charge in [-0.25, -0.2) is 8.42 Å². The summed E-state index contributed by atoms with van der Waals surface area (Å²) in [7, 11) is -3.19. The molecule has 0 aliphatic carbocycles. The molecule has 1 aliphatic rings. The summed E-state index contributed by atoms with van der Waals surface area (Å²) in [6.45, 7) is 5.25. The molecule has 5 heteroatoms. The van der Waals surface area contributed by atoms with Gasteiger partial charge in [-0.15, -0.1) is 0 Å². The maximum Gasteiger partial charge on any atom is 0.235 e. The highest BCUT2D eigenvalue weighted by Gasteiger charge is 2.25. The van der Waals surface area contributed by atoms with E-state index in [4.69, 9.17) is 0 Å². The van der Waals surface area contributed by atoms with Gasteiger partial charge in [0.1, 0.15) is 0 Å². The average Bonchev–Trinajstić information content (AvgIpc) is 2.30. The average molecular weight is 268 g/mol. The predicted octanol–water partition coefficient (Wildman–Crippen LogP) is 1.51. The van der Waals surface area contributed by atoms with E-state index in [0.29, 0.717) is 13.0 Å². The summed E-state index contributed by atoms with van der Waals surface area (Å²) in [4.78, 5) is 0. The van der Waals surface area contributed by atoms with Crippen LogP contribution < -0.4 is 9.62 Å². The summed E-state index contributed by atoms with van der Waals surface area (Å²) in [6.07, 6.45) is 0.662. The molecule has 0 aromatic heterocycles. The molecule has 0 spiro atoms. The van der Waals surface area contributed by atoms with Crippen molar-refractivity contribution in [2.75, 3.05) is 23.1 Å². The molecular formula is C13H20N2O2S. The molecule has 1 aromatic rings. The minimum absolute atomic E-state index is 0.167. The molecule has 1 N–H and O–H groups in total. The Kier molecular flexibility index (Phi) is 3.92. The van der Waals surface area contributed by atoms with Crippen LogP contribution in [-0.4, -0.2) is 33.3 Å². The summed E-state index contributed by atoms with van der Waals surface area (Å²) in [5, 5.41) is 3.33. The van der Waals surface area contributed by atoms with E-state index in [1.165, 1.54) is 4.31 Å². The molecule has 4 nitrogen and oxygen atoms in total. The Labute approximate surface area is 109 Å². The maximum atomic E-state index is 12.3. The fourth-order valence-corrected chi connectivity index (χ4v) is 3.80. The molecule has 1 unspecified atom stereocenters. The van der Waals surface area contributed by atoms with Crippen LogP contribution in [0.25, 0.3) is 0 Å². The van der Waals surface area contributed by atoms with Crippen molar-refractivity contribution in [2.45, 2.75) is 26.3 Å². The van der Waals surface area contributed by atoms with Crippen LogP contribution in [-0.2, 0) is 10.0 Å². The Bertz CT molecular complexity index is 513. The van der Waals surface area contributed by atoms with Crippen LogP contribution >= 0.6 is 0 Å². The molecule has 0 amide bonds. The minimum atomic E-state index is -3.19. The fraction of sp³-hybridized carbons (Fsp3) is 0.538. The van der Waals surface area contributed by atoms with Crippen LogP contribution in [0.1, 0.15) is 18.9 Å². The van der Waals surface area contributed by atoms with Gasteiger partial charge < -0.3 is 5.32 Å². The van der Waals surface area contributed by atoms with Crippen molar-refractivity contribution in [1.29, 1.82) is 0 Å². The van der Waals surface area contributed by atoms with Gasteiger partial charge in [-0.1, -0.05) is 12.1 Å². The number of nitrogens with zero attached hydrogens (tertiary/aromatic N) is 1. The van der Waals surface area contributed by atoms with Crippen molar-refractivity contribution in [1.82, 2.24) is 5.32 Å². The van der Waals surface area contributed by atoms with E-state index in [1.54, 1.807) is 0 Å². The number of hydrogen-bond acceptors (Lipinski definition) is 3. The first-order valence-corrected chi connectivity index (χ1v) is 7.90. The highest BCUT2D eigenvalue weighted by atomic mass is 32.2. The van der Waals surface area contributed by atoms with Crippen molar-refractivity contribution in [3.05, 3.63) is 29.8 Å². The Hall–Kier alpha value is -1.07. The van der Waals surface area contributed by atoms with E-state index in [0.717, 1.165) is 17.8 Å². The number of sulfonamides is 1. The first kappa shape index (κ1) is 13.4. The minimum Gasteiger partial charge on any atom is -0.312 e. The molecule has 0 saturated carbocycles. The normalized spacial score (nSPS) is 24.3. The largest absolute Gasteiger partial charge is 0.312 e. The van der Waals surface area contributed by atoms with Gasteiger partial charge in [-0.05, 0) is 44.5 Å². The quantitative estimate of drug-likeness (QED) is 0.840. The van der Waals surface area contributed by atoms with E-state index in [-0.39, 0.29) is 11.8 Å². The molecule has 0 radical (unpaired) electrons. The molecule has 1 heterocycles. The van der Waals surface area contributed by atoms with Crippen molar-refractivity contribution in [3.63, 3.8) is 0 Å². The van der Waals surface area contributed by atoms with Crippen LogP contribution in [0.5, 0.6) is 0 Å². The van der Waals surface area contributed by atoms with Gasteiger partial charge in [0.05, 0.1) is 11.4 Å². The number of anilines is 1. The van der Waals surface area contributed by atoms with Gasteiger partial charge in [0.15, 0.2) is 0 Å². The summed E-state index contributed by atoms with van der Waals surface area (Å²) in [5.41, 5.74) is 1.84. The van der Waals surface area contributed by atoms with Gasteiger partial charge in [0.2, 0.25) is 10.0 Å². The summed E-state index contributed by atoms with van der Waals surface area (Å²) in [6, 6.07) is 7.82. The molecule has 0 bridgehead atoms. The Morgan fingerprint density at radius 1 is 1.39 bits per heavy atom. The number of aryl methyl sites for hydroxylation is 1. The Morgan fingerprint density at radius 3 is 2.89 bits per heavy atom.